The zero-order valence-electron chi connectivity index (χ0n) is 11.8. The Morgan fingerprint density at radius 1 is 1.45 bits per heavy atom. The molecule has 0 aliphatic carbocycles. The van der Waals surface area contributed by atoms with Crippen molar-refractivity contribution in [2.24, 2.45) is 0 Å². The summed E-state index contributed by atoms with van der Waals surface area (Å²) in [5.41, 5.74) is 0.685. The highest BCUT2D eigenvalue weighted by molar-refractivity contribution is 5.88. The van der Waals surface area contributed by atoms with Crippen LogP contribution in [0.15, 0.2) is 0 Å². The third-order valence-corrected chi connectivity index (χ3v) is 3.34. The molecule has 1 fully saturated rings. The summed E-state index contributed by atoms with van der Waals surface area (Å²) in [7, 11) is 3.27. The van der Waals surface area contributed by atoms with Gasteiger partial charge in [0.15, 0.2) is 5.69 Å². The van der Waals surface area contributed by atoms with Crippen LogP contribution in [0, 0.1) is 6.92 Å². The highest BCUT2D eigenvalue weighted by atomic mass is 16.6. The third-order valence-electron chi connectivity index (χ3n) is 3.34. The average molecular weight is 282 g/mol. The van der Waals surface area contributed by atoms with Gasteiger partial charge in [0.1, 0.15) is 12.6 Å². The van der Waals surface area contributed by atoms with Gasteiger partial charge in [-0.25, -0.2) is 9.48 Å². The van der Waals surface area contributed by atoms with Crippen molar-refractivity contribution in [1.29, 1.82) is 0 Å². The Balaban J connectivity index is 2.11. The summed E-state index contributed by atoms with van der Waals surface area (Å²) in [5, 5.41) is 7.74. The fourth-order valence-electron chi connectivity index (χ4n) is 2.14. The normalized spacial score (nSPS) is 18.6. The standard InChI is InChI=1S/C12H18N4O4/c1-8-10(12(18)20-7-6-19-3)13-14-16(8)9-4-5-15(2)11(9)17/h9H,4-7H2,1-3H3. The van der Waals surface area contributed by atoms with E-state index in [4.69, 9.17) is 9.47 Å². The Morgan fingerprint density at radius 2 is 2.20 bits per heavy atom. The first-order chi connectivity index (χ1) is 9.56. The molecule has 2 rings (SSSR count). The Kier molecular flexibility index (Phi) is 4.33. The summed E-state index contributed by atoms with van der Waals surface area (Å²) >= 11 is 0. The maximum atomic E-state index is 12.0. The molecule has 0 saturated carbocycles. The predicted octanol–water partition coefficient (Wildman–Crippen LogP) is -0.207. The van der Waals surface area contributed by atoms with Crippen molar-refractivity contribution in [2.75, 3.05) is 33.9 Å². The number of nitrogens with zero attached hydrogens (tertiary/aromatic N) is 4. The van der Waals surface area contributed by atoms with E-state index in [-0.39, 0.29) is 24.2 Å². The van der Waals surface area contributed by atoms with E-state index in [9.17, 15) is 9.59 Å². The van der Waals surface area contributed by atoms with E-state index in [1.165, 1.54) is 11.8 Å². The van der Waals surface area contributed by atoms with Crippen molar-refractivity contribution in [2.45, 2.75) is 19.4 Å². The van der Waals surface area contributed by atoms with Gasteiger partial charge in [0.05, 0.1) is 12.3 Å². The van der Waals surface area contributed by atoms with Gasteiger partial charge >= 0.3 is 5.97 Å². The van der Waals surface area contributed by atoms with E-state index in [0.717, 1.165) is 0 Å². The first kappa shape index (κ1) is 14.4. The van der Waals surface area contributed by atoms with Crippen molar-refractivity contribution in [3.05, 3.63) is 11.4 Å². The smallest absolute Gasteiger partial charge is 0.360 e. The second-order valence-electron chi connectivity index (χ2n) is 4.66. The second-order valence-corrected chi connectivity index (χ2v) is 4.66. The second kappa shape index (κ2) is 6.00. The number of esters is 1. The number of likely N-dealkylation sites (N-methyl/N-ethyl adjacent to an activating group) is 1. The summed E-state index contributed by atoms with van der Waals surface area (Å²) in [5.74, 6) is -0.568. The largest absolute Gasteiger partial charge is 0.458 e. The molecule has 0 spiro atoms. The molecule has 0 aromatic carbocycles. The SMILES string of the molecule is COCCOC(=O)c1nnn(C2CCN(C)C2=O)c1C. The van der Waals surface area contributed by atoms with Crippen LogP contribution in [0.25, 0.3) is 0 Å². The summed E-state index contributed by atoms with van der Waals surface area (Å²) in [6.45, 7) is 2.87. The van der Waals surface area contributed by atoms with Gasteiger partial charge in [0.2, 0.25) is 5.91 Å². The summed E-state index contributed by atoms with van der Waals surface area (Å²) in [4.78, 5) is 25.4. The predicted molar refractivity (Wildman–Crippen MR) is 68.2 cm³/mol. The minimum atomic E-state index is -0.551. The molecule has 20 heavy (non-hydrogen) atoms. The highest BCUT2D eigenvalue weighted by Gasteiger charge is 2.33. The van der Waals surface area contributed by atoms with Crippen molar-refractivity contribution in [3.63, 3.8) is 0 Å². The molecule has 1 aromatic heterocycles. The first-order valence-electron chi connectivity index (χ1n) is 6.39. The van der Waals surface area contributed by atoms with Crippen molar-refractivity contribution in [1.82, 2.24) is 19.9 Å². The number of aromatic nitrogens is 3. The van der Waals surface area contributed by atoms with Gasteiger partial charge in [0.25, 0.3) is 0 Å². The molecule has 1 aliphatic heterocycles. The number of rotatable bonds is 5. The zero-order chi connectivity index (χ0) is 14.7. The zero-order valence-corrected chi connectivity index (χ0v) is 11.8. The van der Waals surface area contributed by atoms with Crippen LogP contribution in [0.4, 0.5) is 0 Å². The fraction of sp³-hybridized carbons (Fsp3) is 0.667. The average Bonchev–Trinajstić information content (AvgIpc) is 2.95. The van der Waals surface area contributed by atoms with Gasteiger partial charge in [-0.2, -0.15) is 0 Å². The van der Waals surface area contributed by atoms with Crippen LogP contribution in [0.5, 0.6) is 0 Å². The number of hydrogen-bond donors (Lipinski definition) is 0. The highest BCUT2D eigenvalue weighted by Crippen LogP contribution is 2.23. The molecule has 1 atom stereocenters. The van der Waals surface area contributed by atoms with Crippen molar-refractivity contribution < 1.29 is 19.1 Å². The van der Waals surface area contributed by atoms with Gasteiger partial charge < -0.3 is 14.4 Å². The van der Waals surface area contributed by atoms with Gasteiger partial charge in [-0.15, -0.1) is 5.10 Å². The molecular weight excluding hydrogens is 264 g/mol. The van der Waals surface area contributed by atoms with Gasteiger partial charge in [-0.3, -0.25) is 4.79 Å². The number of ether oxygens (including phenoxy) is 2. The number of carbonyl (C=O) groups is 2. The summed E-state index contributed by atoms with van der Waals surface area (Å²) in [6.07, 6.45) is 0.664. The molecule has 8 nitrogen and oxygen atoms in total. The maximum absolute atomic E-state index is 12.0. The van der Waals surface area contributed by atoms with E-state index in [0.29, 0.717) is 25.3 Å². The summed E-state index contributed by atoms with van der Waals surface area (Å²) in [6, 6.07) is -0.381. The lowest BCUT2D eigenvalue weighted by molar-refractivity contribution is -0.129. The molecule has 1 aromatic rings. The molecule has 0 N–H and O–H groups in total. The van der Waals surface area contributed by atoms with Crippen LogP contribution < -0.4 is 0 Å². The molecule has 1 amide bonds. The van der Waals surface area contributed by atoms with Crippen LogP contribution in [0.1, 0.15) is 28.6 Å². The van der Waals surface area contributed by atoms with Gasteiger partial charge in [-0.1, -0.05) is 5.21 Å². The van der Waals surface area contributed by atoms with E-state index in [1.54, 1.807) is 18.9 Å². The number of likely N-dealkylation sites (tertiary alicyclic amines) is 1. The number of carbonyl (C=O) groups excluding carboxylic acids is 2. The Bertz CT molecular complexity index is 514. The van der Waals surface area contributed by atoms with E-state index >= 15 is 0 Å². The van der Waals surface area contributed by atoms with E-state index in [1.807, 2.05) is 0 Å². The van der Waals surface area contributed by atoms with Crippen LogP contribution in [-0.2, 0) is 14.3 Å². The lowest BCUT2D eigenvalue weighted by atomic mass is 10.2. The van der Waals surface area contributed by atoms with Crippen LogP contribution in [0.3, 0.4) is 0 Å². The van der Waals surface area contributed by atoms with Gasteiger partial charge in [-0.05, 0) is 13.3 Å². The van der Waals surface area contributed by atoms with E-state index in [2.05, 4.69) is 10.3 Å². The fourth-order valence-corrected chi connectivity index (χ4v) is 2.14. The molecule has 0 radical (unpaired) electrons. The molecule has 8 heteroatoms. The number of hydrogen-bond acceptors (Lipinski definition) is 6. The minimum Gasteiger partial charge on any atom is -0.458 e. The van der Waals surface area contributed by atoms with Crippen LogP contribution in [0.2, 0.25) is 0 Å². The number of methoxy groups -OCH3 is 1. The van der Waals surface area contributed by atoms with E-state index < -0.39 is 5.97 Å². The molecule has 0 bridgehead atoms. The minimum absolute atomic E-state index is 0.0164. The monoisotopic (exact) mass is 282 g/mol. The molecule has 110 valence electrons. The summed E-state index contributed by atoms with van der Waals surface area (Å²) < 4.78 is 11.3. The Hall–Kier alpha value is -1.96. The molecule has 1 aliphatic rings. The molecule has 1 unspecified atom stereocenters. The van der Waals surface area contributed by atoms with Crippen molar-refractivity contribution >= 4 is 11.9 Å². The van der Waals surface area contributed by atoms with Crippen molar-refractivity contribution in [3.8, 4) is 0 Å². The Labute approximate surface area is 116 Å². The quantitative estimate of drug-likeness (QED) is 0.549. The number of amides is 1. The third kappa shape index (κ3) is 2.64. The lowest BCUT2D eigenvalue weighted by Crippen LogP contribution is -2.25. The van der Waals surface area contributed by atoms with Crippen LogP contribution >= 0.6 is 0 Å². The van der Waals surface area contributed by atoms with Gasteiger partial charge in [0, 0.05) is 20.7 Å². The maximum Gasteiger partial charge on any atom is 0.360 e. The first-order valence-corrected chi connectivity index (χ1v) is 6.39. The lowest BCUT2D eigenvalue weighted by Gasteiger charge is -2.11. The molecular formula is C12H18N4O4. The Morgan fingerprint density at radius 3 is 2.80 bits per heavy atom. The molecule has 2 heterocycles. The topological polar surface area (TPSA) is 86.6 Å². The van der Waals surface area contributed by atoms with Crippen LogP contribution in [-0.4, -0.2) is 65.7 Å². The molecule has 1 saturated heterocycles.